The van der Waals surface area contributed by atoms with Crippen molar-refractivity contribution < 1.29 is 27.1 Å². The van der Waals surface area contributed by atoms with Gasteiger partial charge in [0.15, 0.2) is 12.0 Å². The predicted octanol–water partition coefficient (Wildman–Crippen LogP) is 2.08. The maximum absolute atomic E-state index is 11.9. The summed E-state index contributed by atoms with van der Waals surface area (Å²) in [5.41, 5.74) is 0. The zero-order valence-corrected chi connectivity index (χ0v) is 5.41. The summed E-state index contributed by atoms with van der Waals surface area (Å²) < 4.78 is 58.4. The summed E-state index contributed by atoms with van der Waals surface area (Å²) in [6, 6.07) is 0. The molecule has 6 heteroatoms. The average Bonchev–Trinajstić information content (AvgIpc) is 1.82. The highest BCUT2D eigenvalue weighted by Gasteiger charge is 2.36. The van der Waals surface area contributed by atoms with Crippen molar-refractivity contribution in [1.29, 1.82) is 0 Å². The molecule has 0 amide bonds. The Kier molecular flexibility index (Phi) is 2.98. The fourth-order valence-corrected chi connectivity index (χ4v) is 0.318. The van der Waals surface area contributed by atoms with Crippen molar-refractivity contribution in [2.24, 2.45) is 0 Å². The maximum atomic E-state index is 11.9. The van der Waals surface area contributed by atoms with Gasteiger partial charge in [0.05, 0.1) is 0 Å². The van der Waals surface area contributed by atoms with Crippen LogP contribution >= 0.6 is 0 Å². The van der Waals surface area contributed by atoms with E-state index in [0.29, 0.717) is 6.92 Å². The lowest BCUT2D eigenvalue weighted by atomic mass is 10.3. The smallest absolute Gasteiger partial charge is 0.330 e. The van der Waals surface area contributed by atoms with Gasteiger partial charge in [-0.25, -0.2) is 8.78 Å². The minimum Gasteiger partial charge on any atom is -0.330 e. The fourth-order valence-electron chi connectivity index (χ4n) is 0.318. The summed E-state index contributed by atoms with van der Waals surface area (Å²) in [6.07, 6.45) is -7.43. The summed E-state index contributed by atoms with van der Waals surface area (Å²) in [6.45, 7) is 0.528. The molecule has 0 radical (unpaired) electrons. The molecule has 0 bridgehead atoms. The first-order valence-electron chi connectivity index (χ1n) is 2.56. The first-order valence-corrected chi connectivity index (χ1v) is 2.56. The van der Waals surface area contributed by atoms with E-state index in [1.807, 2.05) is 0 Å². The van der Waals surface area contributed by atoms with Crippen LogP contribution < -0.4 is 0 Å². The fraction of sp³-hybridized carbons (Fsp3) is 0.600. The predicted molar refractivity (Wildman–Crippen MR) is 27.0 cm³/mol. The van der Waals surface area contributed by atoms with Crippen molar-refractivity contribution in [3.63, 3.8) is 0 Å². The Morgan fingerprint density at radius 2 is 1.73 bits per heavy atom. The third kappa shape index (κ3) is 2.83. The topological polar surface area (TPSA) is 20.2 Å². The van der Waals surface area contributed by atoms with Crippen LogP contribution in [0.15, 0.2) is 11.7 Å². The molecular weight excluding hydrogens is 171 g/mol. The van der Waals surface area contributed by atoms with E-state index in [-0.39, 0.29) is 0 Å². The van der Waals surface area contributed by atoms with E-state index in [2.05, 4.69) is 0 Å². The molecule has 1 atom stereocenters. The summed E-state index contributed by atoms with van der Waals surface area (Å²) in [7, 11) is 0. The number of rotatable bonds is 2. The van der Waals surface area contributed by atoms with Crippen LogP contribution in [0.3, 0.4) is 0 Å². The van der Waals surface area contributed by atoms with Crippen LogP contribution in [0.4, 0.5) is 22.0 Å². The Morgan fingerprint density at radius 3 is 1.82 bits per heavy atom. The molecule has 0 fully saturated rings. The van der Waals surface area contributed by atoms with E-state index < -0.39 is 23.9 Å². The second-order valence-electron chi connectivity index (χ2n) is 1.82. The molecule has 0 aliphatic carbocycles. The van der Waals surface area contributed by atoms with Crippen LogP contribution in [0, 0.1) is 0 Å². The van der Waals surface area contributed by atoms with E-state index in [4.69, 9.17) is 5.11 Å². The molecule has 0 aliphatic heterocycles. The monoisotopic (exact) mass is 176 g/mol. The van der Waals surface area contributed by atoms with Crippen molar-refractivity contribution in [2.45, 2.75) is 19.2 Å². The van der Waals surface area contributed by atoms with E-state index in [1.165, 1.54) is 0 Å². The van der Waals surface area contributed by atoms with Crippen molar-refractivity contribution in [3.05, 3.63) is 11.7 Å². The largest absolute Gasteiger partial charge is 0.409 e. The van der Waals surface area contributed by atoms with Crippen LogP contribution in [0.5, 0.6) is 0 Å². The van der Waals surface area contributed by atoms with Gasteiger partial charge in [-0.3, -0.25) is 0 Å². The molecule has 0 heterocycles. The summed E-state index contributed by atoms with van der Waals surface area (Å²) in [5.74, 6) is -5.08. The molecule has 0 rings (SSSR count). The summed E-state index contributed by atoms with van der Waals surface area (Å²) in [5, 5.41) is 7.53. The molecule has 0 aliphatic rings. The quantitative estimate of drug-likeness (QED) is 0.638. The second-order valence-corrected chi connectivity index (χ2v) is 1.82. The molecule has 0 aromatic carbocycles. The first-order chi connectivity index (χ1) is 4.76. The van der Waals surface area contributed by atoms with Gasteiger partial charge >= 0.3 is 6.11 Å². The van der Waals surface area contributed by atoms with Crippen LogP contribution in [0.2, 0.25) is 0 Å². The van der Waals surface area contributed by atoms with Gasteiger partial charge in [-0.1, -0.05) is 0 Å². The molecular formula is C5H5F5O. The Morgan fingerprint density at radius 1 is 1.36 bits per heavy atom. The number of alkyl halides is 3. The molecule has 0 saturated heterocycles. The lowest BCUT2D eigenvalue weighted by Crippen LogP contribution is -2.18. The highest BCUT2D eigenvalue weighted by atomic mass is 19.3. The number of halogens is 5. The standard InChI is InChI=1S/C5H5F5O/c1-2(6)3(7)4(8)5(9,10)11/h2,11H,1H3. The van der Waals surface area contributed by atoms with E-state index in [1.54, 1.807) is 0 Å². The van der Waals surface area contributed by atoms with Crippen LogP contribution in [0.25, 0.3) is 0 Å². The van der Waals surface area contributed by atoms with Gasteiger partial charge in [-0.2, -0.15) is 13.2 Å². The Balaban J connectivity index is 4.67. The van der Waals surface area contributed by atoms with Crippen LogP contribution in [-0.4, -0.2) is 17.4 Å². The van der Waals surface area contributed by atoms with Crippen molar-refractivity contribution >= 4 is 0 Å². The lowest BCUT2D eigenvalue weighted by Gasteiger charge is -2.07. The highest BCUT2D eigenvalue weighted by molar-refractivity contribution is 5.08. The lowest BCUT2D eigenvalue weighted by molar-refractivity contribution is -0.181. The zero-order chi connectivity index (χ0) is 9.23. The third-order valence-electron chi connectivity index (χ3n) is 0.823. The molecule has 0 aromatic heterocycles. The van der Waals surface area contributed by atoms with Gasteiger partial charge in [0.2, 0.25) is 5.83 Å². The van der Waals surface area contributed by atoms with Crippen molar-refractivity contribution in [2.75, 3.05) is 0 Å². The minimum atomic E-state index is -4.94. The van der Waals surface area contributed by atoms with E-state index >= 15 is 0 Å². The summed E-state index contributed by atoms with van der Waals surface area (Å²) >= 11 is 0. The molecule has 11 heavy (non-hydrogen) atoms. The number of aliphatic hydroxyl groups is 1. The van der Waals surface area contributed by atoms with Gasteiger partial charge in [0, 0.05) is 0 Å². The maximum Gasteiger partial charge on any atom is 0.409 e. The summed E-state index contributed by atoms with van der Waals surface area (Å²) in [4.78, 5) is 0. The normalized spacial score (nSPS) is 17.7. The Hall–Kier alpha value is -0.650. The number of hydrogen-bond acceptors (Lipinski definition) is 1. The third-order valence-corrected chi connectivity index (χ3v) is 0.823. The molecule has 0 saturated carbocycles. The highest BCUT2D eigenvalue weighted by Crippen LogP contribution is 2.27. The van der Waals surface area contributed by atoms with E-state index in [9.17, 15) is 22.0 Å². The molecule has 1 nitrogen and oxygen atoms in total. The molecule has 1 N–H and O–H groups in total. The minimum absolute atomic E-state index is 0.528. The SMILES string of the molecule is CC(F)C(F)=C(F)C(O)(F)F. The van der Waals surface area contributed by atoms with Crippen molar-refractivity contribution in [3.8, 4) is 0 Å². The Labute approximate surface area is 59.1 Å². The van der Waals surface area contributed by atoms with E-state index in [0.717, 1.165) is 0 Å². The number of hydrogen-bond donors (Lipinski definition) is 1. The van der Waals surface area contributed by atoms with Crippen LogP contribution in [0.1, 0.15) is 6.92 Å². The molecule has 1 unspecified atom stereocenters. The van der Waals surface area contributed by atoms with Crippen molar-refractivity contribution in [1.82, 2.24) is 0 Å². The van der Waals surface area contributed by atoms with Gasteiger partial charge in [0.1, 0.15) is 0 Å². The second kappa shape index (κ2) is 3.17. The van der Waals surface area contributed by atoms with Crippen LogP contribution in [-0.2, 0) is 0 Å². The Bertz CT molecular complexity index is 168. The van der Waals surface area contributed by atoms with Gasteiger partial charge in [-0.05, 0) is 6.92 Å². The average molecular weight is 176 g/mol. The molecule has 0 spiro atoms. The first kappa shape index (κ1) is 10.3. The van der Waals surface area contributed by atoms with Gasteiger partial charge in [0.25, 0.3) is 0 Å². The van der Waals surface area contributed by atoms with Gasteiger partial charge < -0.3 is 5.11 Å². The number of allylic oxidation sites excluding steroid dienone is 1. The van der Waals surface area contributed by atoms with Gasteiger partial charge in [-0.15, -0.1) is 0 Å². The molecule has 0 aromatic rings. The zero-order valence-electron chi connectivity index (χ0n) is 5.41. The molecule has 66 valence electrons.